The zero-order valence-electron chi connectivity index (χ0n) is 9.89. The van der Waals surface area contributed by atoms with E-state index >= 15 is 0 Å². The van der Waals surface area contributed by atoms with Crippen molar-refractivity contribution in [3.8, 4) is 0 Å². The normalized spacial score (nSPS) is 16.8. The number of tetrazole rings is 1. The molecule has 0 aliphatic heterocycles. The highest BCUT2D eigenvalue weighted by Gasteiger charge is 2.28. The summed E-state index contributed by atoms with van der Waals surface area (Å²) in [7, 11) is 0. The lowest BCUT2D eigenvalue weighted by molar-refractivity contribution is 0.195. The average Bonchev–Trinajstić information content (AvgIpc) is 3.11. The predicted molar refractivity (Wildman–Crippen MR) is 65.1 cm³/mol. The molecule has 2 aromatic heterocycles. The number of aromatic nitrogens is 5. The van der Waals surface area contributed by atoms with E-state index in [1.165, 1.54) is 11.8 Å². The highest BCUT2D eigenvalue weighted by molar-refractivity contribution is 7.99. The molecule has 3 rings (SSSR count). The molecule has 1 atom stereocenters. The average molecular weight is 263 g/mol. The number of aliphatic hydroxyl groups excluding tert-OH is 1. The number of aliphatic hydroxyl groups is 1. The van der Waals surface area contributed by atoms with Crippen LogP contribution in [0.4, 0.5) is 0 Å². The SMILES string of the molecule is C[C@H](O)c1cccnc1Sc1nnnn1C1CC1. The Kier molecular flexibility index (Phi) is 3.00. The van der Waals surface area contributed by atoms with Gasteiger partial charge in [0.05, 0.1) is 12.1 Å². The quantitative estimate of drug-likeness (QED) is 0.903. The number of pyridine rings is 1. The molecule has 0 unspecified atom stereocenters. The maximum Gasteiger partial charge on any atom is 0.215 e. The van der Waals surface area contributed by atoms with Crippen molar-refractivity contribution in [2.24, 2.45) is 0 Å². The van der Waals surface area contributed by atoms with Crippen molar-refractivity contribution >= 4 is 11.8 Å². The second-order valence-corrected chi connectivity index (χ2v) is 5.27. The molecule has 1 aliphatic rings. The number of rotatable bonds is 4. The highest BCUT2D eigenvalue weighted by Crippen LogP contribution is 2.38. The van der Waals surface area contributed by atoms with Crippen molar-refractivity contribution in [3.05, 3.63) is 23.9 Å². The van der Waals surface area contributed by atoms with E-state index in [1.54, 1.807) is 13.1 Å². The zero-order valence-corrected chi connectivity index (χ0v) is 10.7. The number of hydrogen-bond acceptors (Lipinski definition) is 6. The summed E-state index contributed by atoms with van der Waals surface area (Å²) in [6.45, 7) is 1.73. The molecule has 2 heterocycles. The Morgan fingerprint density at radius 2 is 2.33 bits per heavy atom. The van der Waals surface area contributed by atoms with Crippen LogP contribution in [0.1, 0.15) is 37.5 Å². The molecular formula is C11H13N5OS. The van der Waals surface area contributed by atoms with Crippen LogP contribution in [-0.4, -0.2) is 30.3 Å². The molecule has 0 radical (unpaired) electrons. The lowest BCUT2D eigenvalue weighted by atomic mass is 10.2. The molecule has 6 nitrogen and oxygen atoms in total. The lowest BCUT2D eigenvalue weighted by Crippen LogP contribution is -2.01. The summed E-state index contributed by atoms with van der Waals surface area (Å²) in [6.07, 6.45) is 3.42. The van der Waals surface area contributed by atoms with Crippen LogP contribution in [0.3, 0.4) is 0 Å². The first kappa shape index (κ1) is 11.6. The largest absolute Gasteiger partial charge is 0.389 e. The summed E-state index contributed by atoms with van der Waals surface area (Å²) in [6, 6.07) is 4.11. The first-order valence-electron chi connectivity index (χ1n) is 5.84. The molecule has 18 heavy (non-hydrogen) atoms. The van der Waals surface area contributed by atoms with Crippen LogP contribution in [0, 0.1) is 0 Å². The summed E-state index contributed by atoms with van der Waals surface area (Å²) in [5.41, 5.74) is 0.799. The fourth-order valence-electron chi connectivity index (χ4n) is 1.69. The van der Waals surface area contributed by atoms with E-state index in [9.17, 15) is 5.11 Å². The van der Waals surface area contributed by atoms with E-state index in [-0.39, 0.29) is 0 Å². The molecule has 0 saturated heterocycles. The lowest BCUT2D eigenvalue weighted by Gasteiger charge is -2.09. The van der Waals surface area contributed by atoms with Gasteiger partial charge in [-0.05, 0) is 48.0 Å². The molecule has 1 saturated carbocycles. The predicted octanol–water partition coefficient (Wildman–Crippen LogP) is 1.61. The minimum absolute atomic E-state index is 0.432. The third-order valence-electron chi connectivity index (χ3n) is 2.79. The van der Waals surface area contributed by atoms with Crippen LogP contribution in [0.2, 0.25) is 0 Å². The molecule has 0 spiro atoms. The van der Waals surface area contributed by atoms with Gasteiger partial charge in [0.15, 0.2) is 0 Å². The summed E-state index contributed by atoms with van der Waals surface area (Å²) < 4.78 is 1.84. The van der Waals surface area contributed by atoms with Crippen LogP contribution in [0.15, 0.2) is 28.5 Å². The van der Waals surface area contributed by atoms with Gasteiger partial charge in [0, 0.05) is 11.8 Å². The van der Waals surface area contributed by atoms with Crippen LogP contribution in [0.25, 0.3) is 0 Å². The van der Waals surface area contributed by atoms with Crippen molar-refractivity contribution in [1.29, 1.82) is 0 Å². The first-order valence-corrected chi connectivity index (χ1v) is 6.66. The van der Waals surface area contributed by atoms with Crippen LogP contribution in [0.5, 0.6) is 0 Å². The minimum atomic E-state index is -0.550. The van der Waals surface area contributed by atoms with E-state index in [0.29, 0.717) is 6.04 Å². The van der Waals surface area contributed by atoms with Gasteiger partial charge in [-0.15, -0.1) is 5.10 Å². The Morgan fingerprint density at radius 1 is 1.50 bits per heavy atom. The molecule has 1 N–H and O–H groups in total. The highest BCUT2D eigenvalue weighted by atomic mass is 32.2. The molecule has 94 valence electrons. The zero-order chi connectivity index (χ0) is 12.5. The van der Waals surface area contributed by atoms with Crippen molar-refractivity contribution in [2.75, 3.05) is 0 Å². The van der Waals surface area contributed by atoms with Crippen LogP contribution in [-0.2, 0) is 0 Å². The third-order valence-corrected chi connectivity index (χ3v) is 3.78. The van der Waals surface area contributed by atoms with E-state index < -0.39 is 6.10 Å². The molecule has 2 aromatic rings. The summed E-state index contributed by atoms with van der Waals surface area (Å²) in [5.74, 6) is 0. The van der Waals surface area contributed by atoms with Crippen molar-refractivity contribution in [3.63, 3.8) is 0 Å². The third kappa shape index (κ3) is 2.23. The van der Waals surface area contributed by atoms with Crippen molar-refractivity contribution < 1.29 is 5.11 Å². The van der Waals surface area contributed by atoms with E-state index in [0.717, 1.165) is 28.6 Å². The Bertz CT molecular complexity index is 552. The van der Waals surface area contributed by atoms with Gasteiger partial charge in [0.25, 0.3) is 0 Å². The second-order valence-electron chi connectivity index (χ2n) is 4.31. The van der Waals surface area contributed by atoms with Gasteiger partial charge in [-0.1, -0.05) is 6.07 Å². The summed E-state index contributed by atoms with van der Waals surface area (Å²) >= 11 is 1.40. The molecular weight excluding hydrogens is 250 g/mol. The molecule has 7 heteroatoms. The monoisotopic (exact) mass is 263 g/mol. The number of hydrogen-bond donors (Lipinski definition) is 1. The first-order chi connectivity index (χ1) is 8.75. The van der Waals surface area contributed by atoms with E-state index in [2.05, 4.69) is 20.5 Å². The van der Waals surface area contributed by atoms with E-state index in [1.807, 2.05) is 16.8 Å². The van der Waals surface area contributed by atoms with Gasteiger partial charge in [0.1, 0.15) is 5.03 Å². The minimum Gasteiger partial charge on any atom is -0.389 e. The fraction of sp³-hybridized carbons (Fsp3) is 0.455. The van der Waals surface area contributed by atoms with Crippen LogP contribution >= 0.6 is 11.8 Å². The smallest absolute Gasteiger partial charge is 0.215 e. The molecule has 0 bridgehead atoms. The summed E-state index contributed by atoms with van der Waals surface area (Å²) in [5, 5.41) is 22.9. The van der Waals surface area contributed by atoms with Gasteiger partial charge in [0.2, 0.25) is 5.16 Å². The van der Waals surface area contributed by atoms with Gasteiger partial charge in [-0.2, -0.15) is 0 Å². The Labute approximate surface area is 108 Å². The Morgan fingerprint density at radius 3 is 3.06 bits per heavy atom. The molecule has 1 aliphatic carbocycles. The molecule has 0 aromatic carbocycles. The van der Waals surface area contributed by atoms with Crippen LogP contribution < -0.4 is 0 Å². The van der Waals surface area contributed by atoms with Gasteiger partial charge in [-0.3, -0.25) is 0 Å². The van der Waals surface area contributed by atoms with Crippen molar-refractivity contribution in [1.82, 2.24) is 25.2 Å². The maximum absolute atomic E-state index is 9.71. The van der Waals surface area contributed by atoms with E-state index in [4.69, 9.17) is 0 Å². The molecule has 1 fully saturated rings. The van der Waals surface area contributed by atoms with Gasteiger partial charge in [-0.25, -0.2) is 9.67 Å². The van der Waals surface area contributed by atoms with Crippen molar-refractivity contribution in [2.45, 2.75) is 42.1 Å². The maximum atomic E-state index is 9.71. The Hall–Kier alpha value is -1.47. The number of nitrogens with zero attached hydrogens (tertiary/aromatic N) is 5. The van der Waals surface area contributed by atoms with Gasteiger partial charge >= 0.3 is 0 Å². The standard InChI is InChI=1S/C11H13N5OS/c1-7(17)9-3-2-6-12-10(9)18-11-13-14-15-16(11)8-4-5-8/h2-3,6-8,17H,4-5H2,1H3/t7-/m0/s1. The Balaban J connectivity index is 1.89. The molecule has 0 amide bonds. The summed E-state index contributed by atoms with van der Waals surface area (Å²) in [4.78, 5) is 4.29. The van der Waals surface area contributed by atoms with Gasteiger partial charge < -0.3 is 5.11 Å². The topological polar surface area (TPSA) is 76.7 Å². The second kappa shape index (κ2) is 4.66. The fourth-order valence-corrected chi connectivity index (χ4v) is 2.69.